The summed E-state index contributed by atoms with van der Waals surface area (Å²) in [6, 6.07) is 14.7. The summed E-state index contributed by atoms with van der Waals surface area (Å²) in [5, 5.41) is 0. The zero-order valence-electron chi connectivity index (χ0n) is 13.2. The molecule has 118 valence electrons. The van der Waals surface area contributed by atoms with Gasteiger partial charge in [-0.15, -0.1) is 0 Å². The second-order valence-corrected chi connectivity index (χ2v) is 5.59. The molecule has 0 aromatic heterocycles. The van der Waals surface area contributed by atoms with E-state index >= 15 is 0 Å². The maximum Gasteiger partial charge on any atom is 0.262 e. The van der Waals surface area contributed by atoms with Crippen LogP contribution in [0.4, 0.5) is 0 Å². The van der Waals surface area contributed by atoms with Crippen LogP contribution >= 0.6 is 0 Å². The van der Waals surface area contributed by atoms with Crippen molar-refractivity contribution in [1.82, 2.24) is 9.80 Å². The molecule has 1 aliphatic rings. The molecule has 0 atom stereocenters. The lowest BCUT2D eigenvalue weighted by molar-refractivity contribution is 0.0559. The summed E-state index contributed by atoms with van der Waals surface area (Å²) < 4.78 is 5.13. The van der Waals surface area contributed by atoms with E-state index in [2.05, 4.69) is 0 Å². The summed E-state index contributed by atoms with van der Waals surface area (Å²) in [4.78, 5) is 27.9. The summed E-state index contributed by atoms with van der Waals surface area (Å²) in [6.07, 6.45) is 0. The van der Waals surface area contributed by atoms with Crippen LogP contribution in [-0.4, -0.2) is 42.4 Å². The number of ether oxygens (including phenoxy) is 1. The first kappa shape index (κ1) is 15.2. The number of carbonyl (C=O) groups is 2. The Morgan fingerprint density at radius 1 is 0.957 bits per heavy atom. The monoisotopic (exact) mass is 310 g/mol. The molecule has 0 N–H and O–H groups in total. The fourth-order valence-electron chi connectivity index (χ4n) is 2.70. The Kier molecular flexibility index (Phi) is 4.12. The minimum atomic E-state index is -0.229. The van der Waals surface area contributed by atoms with Crippen LogP contribution in [-0.2, 0) is 6.54 Å². The summed E-state index contributed by atoms with van der Waals surface area (Å²) in [7, 11) is 3.51. The molecule has 0 saturated heterocycles. The zero-order chi connectivity index (χ0) is 16.4. The van der Waals surface area contributed by atoms with Crippen molar-refractivity contribution in [2.45, 2.75) is 6.54 Å². The second kappa shape index (κ2) is 6.22. The number of hydrogen-bond acceptors (Lipinski definition) is 4. The van der Waals surface area contributed by atoms with E-state index < -0.39 is 0 Å². The van der Waals surface area contributed by atoms with Crippen molar-refractivity contribution in [3.63, 3.8) is 0 Å². The lowest BCUT2D eigenvalue weighted by Crippen LogP contribution is -2.39. The summed E-state index contributed by atoms with van der Waals surface area (Å²) in [5.74, 6) is 0.344. The SMILES string of the molecule is COc1ccc(CN(C)CN2C(=O)c3ccccc3C2=O)cc1. The Morgan fingerprint density at radius 3 is 2.04 bits per heavy atom. The van der Waals surface area contributed by atoms with Crippen molar-refractivity contribution in [2.24, 2.45) is 0 Å². The van der Waals surface area contributed by atoms with Gasteiger partial charge in [-0.1, -0.05) is 24.3 Å². The molecular weight excluding hydrogens is 292 g/mol. The number of fused-ring (bicyclic) bond motifs is 1. The van der Waals surface area contributed by atoms with E-state index in [0.717, 1.165) is 11.3 Å². The Hall–Kier alpha value is -2.66. The molecule has 0 spiro atoms. The van der Waals surface area contributed by atoms with Gasteiger partial charge in [-0.3, -0.25) is 19.4 Å². The van der Waals surface area contributed by atoms with E-state index in [1.54, 1.807) is 31.4 Å². The van der Waals surface area contributed by atoms with Crippen LogP contribution in [0.3, 0.4) is 0 Å². The maximum absolute atomic E-state index is 12.3. The average molecular weight is 310 g/mol. The van der Waals surface area contributed by atoms with E-state index in [4.69, 9.17) is 4.74 Å². The zero-order valence-corrected chi connectivity index (χ0v) is 13.2. The highest BCUT2D eigenvalue weighted by atomic mass is 16.5. The molecule has 0 saturated carbocycles. The van der Waals surface area contributed by atoms with Gasteiger partial charge < -0.3 is 4.74 Å². The standard InChI is InChI=1S/C18H18N2O3/c1-19(11-13-7-9-14(23-2)10-8-13)12-20-17(21)15-5-3-4-6-16(15)18(20)22/h3-10H,11-12H2,1-2H3. The van der Waals surface area contributed by atoms with E-state index in [9.17, 15) is 9.59 Å². The highest BCUT2D eigenvalue weighted by Gasteiger charge is 2.35. The van der Waals surface area contributed by atoms with Gasteiger partial charge in [0.2, 0.25) is 0 Å². The van der Waals surface area contributed by atoms with Crippen LogP contribution in [0.2, 0.25) is 0 Å². The number of hydrogen-bond donors (Lipinski definition) is 0. The summed E-state index contributed by atoms with van der Waals surface area (Å²) in [6.45, 7) is 0.899. The first-order chi connectivity index (χ1) is 11.1. The lowest BCUT2D eigenvalue weighted by atomic mass is 10.1. The Labute approximate surface area is 135 Å². The summed E-state index contributed by atoms with van der Waals surface area (Å²) >= 11 is 0. The van der Waals surface area contributed by atoms with Crippen molar-refractivity contribution in [2.75, 3.05) is 20.8 Å². The number of carbonyl (C=O) groups excluding carboxylic acids is 2. The largest absolute Gasteiger partial charge is 0.497 e. The third-order valence-electron chi connectivity index (χ3n) is 3.87. The van der Waals surface area contributed by atoms with Gasteiger partial charge in [0.25, 0.3) is 11.8 Å². The first-order valence-corrected chi connectivity index (χ1v) is 7.37. The minimum absolute atomic E-state index is 0.229. The quantitative estimate of drug-likeness (QED) is 0.796. The van der Waals surface area contributed by atoms with Crippen LogP contribution < -0.4 is 4.74 Å². The fourth-order valence-corrected chi connectivity index (χ4v) is 2.70. The van der Waals surface area contributed by atoms with Crippen molar-refractivity contribution >= 4 is 11.8 Å². The molecule has 3 rings (SSSR count). The van der Waals surface area contributed by atoms with Crippen molar-refractivity contribution in [1.29, 1.82) is 0 Å². The number of amides is 2. The molecule has 5 heteroatoms. The predicted octanol–water partition coefficient (Wildman–Crippen LogP) is 2.38. The third kappa shape index (κ3) is 2.96. The molecule has 1 heterocycles. The highest BCUT2D eigenvalue weighted by Crippen LogP contribution is 2.22. The lowest BCUT2D eigenvalue weighted by Gasteiger charge is -2.22. The van der Waals surface area contributed by atoms with Crippen LogP contribution in [0.5, 0.6) is 5.75 Å². The number of rotatable bonds is 5. The molecular formula is C18H18N2O3. The molecule has 2 aromatic rings. The first-order valence-electron chi connectivity index (χ1n) is 7.37. The van der Waals surface area contributed by atoms with Gasteiger partial charge in [-0.05, 0) is 36.9 Å². The van der Waals surface area contributed by atoms with Gasteiger partial charge in [0.15, 0.2) is 0 Å². The molecule has 23 heavy (non-hydrogen) atoms. The van der Waals surface area contributed by atoms with Crippen LogP contribution in [0.1, 0.15) is 26.3 Å². The van der Waals surface area contributed by atoms with Gasteiger partial charge in [0.1, 0.15) is 5.75 Å². The van der Waals surface area contributed by atoms with Gasteiger partial charge in [0, 0.05) is 6.54 Å². The normalized spacial score (nSPS) is 13.6. The maximum atomic E-state index is 12.3. The second-order valence-electron chi connectivity index (χ2n) is 5.59. The molecule has 0 unspecified atom stereocenters. The van der Waals surface area contributed by atoms with Crippen molar-refractivity contribution in [3.05, 3.63) is 65.2 Å². The van der Waals surface area contributed by atoms with Crippen LogP contribution in [0, 0.1) is 0 Å². The molecule has 0 aliphatic carbocycles. The van der Waals surface area contributed by atoms with Gasteiger partial charge in [-0.2, -0.15) is 0 Å². The summed E-state index contributed by atoms with van der Waals surface area (Å²) in [5.41, 5.74) is 2.05. The number of methoxy groups -OCH3 is 1. The van der Waals surface area contributed by atoms with Crippen molar-refractivity contribution in [3.8, 4) is 5.75 Å². The molecule has 1 aliphatic heterocycles. The molecule has 0 bridgehead atoms. The van der Waals surface area contributed by atoms with Crippen molar-refractivity contribution < 1.29 is 14.3 Å². The predicted molar refractivity (Wildman–Crippen MR) is 86.3 cm³/mol. The number of benzene rings is 2. The average Bonchev–Trinajstić information content (AvgIpc) is 2.81. The van der Waals surface area contributed by atoms with Gasteiger partial charge in [-0.25, -0.2) is 0 Å². The van der Waals surface area contributed by atoms with E-state index in [1.165, 1.54) is 4.90 Å². The van der Waals surface area contributed by atoms with E-state index in [0.29, 0.717) is 17.7 Å². The smallest absolute Gasteiger partial charge is 0.262 e. The molecule has 0 radical (unpaired) electrons. The van der Waals surface area contributed by atoms with Gasteiger partial charge in [0.05, 0.1) is 24.9 Å². The highest BCUT2D eigenvalue weighted by molar-refractivity contribution is 6.21. The molecule has 5 nitrogen and oxygen atoms in total. The Bertz CT molecular complexity index is 705. The van der Waals surface area contributed by atoms with E-state index in [1.807, 2.05) is 36.2 Å². The topological polar surface area (TPSA) is 49.9 Å². The van der Waals surface area contributed by atoms with Gasteiger partial charge >= 0.3 is 0 Å². The Morgan fingerprint density at radius 2 is 1.52 bits per heavy atom. The third-order valence-corrected chi connectivity index (χ3v) is 3.87. The van der Waals surface area contributed by atoms with Crippen LogP contribution in [0.25, 0.3) is 0 Å². The fraction of sp³-hybridized carbons (Fsp3) is 0.222. The molecule has 2 amide bonds. The molecule has 0 fully saturated rings. The minimum Gasteiger partial charge on any atom is -0.497 e. The van der Waals surface area contributed by atoms with Crippen LogP contribution in [0.15, 0.2) is 48.5 Å². The molecule has 2 aromatic carbocycles. The number of imide groups is 1. The van der Waals surface area contributed by atoms with E-state index in [-0.39, 0.29) is 18.5 Å². The Balaban J connectivity index is 1.67. The number of nitrogens with zero attached hydrogens (tertiary/aromatic N) is 2.